The van der Waals surface area contributed by atoms with E-state index in [9.17, 15) is 9.90 Å². The summed E-state index contributed by atoms with van der Waals surface area (Å²) in [6, 6.07) is 6.06. The molecular formula is C24H34ClN3O3. The molecule has 2 heterocycles. The lowest BCUT2D eigenvalue weighted by Crippen LogP contribution is -2.39. The molecule has 6 nitrogen and oxygen atoms in total. The van der Waals surface area contributed by atoms with Gasteiger partial charge >= 0.3 is 0 Å². The van der Waals surface area contributed by atoms with Gasteiger partial charge in [-0.2, -0.15) is 0 Å². The van der Waals surface area contributed by atoms with Gasteiger partial charge in [-0.25, -0.2) is 0 Å². The Labute approximate surface area is 189 Å². The Bertz CT molecular complexity index is 868. The Balaban J connectivity index is 1.17. The number of likely N-dealkylation sites (tertiary alicyclic amines) is 1. The Morgan fingerprint density at radius 2 is 2.00 bits per heavy atom. The molecule has 0 bridgehead atoms. The minimum absolute atomic E-state index is 0.0238. The van der Waals surface area contributed by atoms with Crippen LogP contribution in [0, 0.1) is 5.92 Å². The van der Waals surface area contributed by atoms with Gasteiger partial charge < -0.3 is 19.8 Å². The maximum absolute atomic E-state index is 11.8. The molecule has 1 aromatic carbocycles. The summed E-state index contributed by atoms with van der Waals surface area (Å²) < 4.78 is 5.50. The number of hydrogen-bond donors (Lipinski definition) is 2. The average molecular weight is 448 g/mol. The van der Waals surface area contributed by atoms with Crippen molar-refractivity contribution in [2.75, 3.05) is 19.6 Å². The van der Waals surface area contributed by atoms with Crippen LogP contribution < -0.4 is 5.32 Å². The van der Waals surface area contributed by atoms with Crippen molar-refractivity contribution in [2.24, 2.45) is 5.92 Å². The number of carbonyl (C=O) groups excluding carboxylic acids is 1. The largest absolute Gasteiger partial charge is 0.393 e. The van der Waals surface area contributed by atoms with E-state index in [1.165, 1.54) is 19.3 Å². The lowest BCUT2D eigenvalue weighted by atomic mass is 9.83. The van der Waals surface area contributed by atoms with Crippen LogP contribution in [0.3, 0.4) is 0 Å². The van der Waals surface area contributed by atoms with Gasteiger partial charge in [-0.15, -0.1) is 0 Å². The fourth-order valence-electron chi connectivity index (χ4n) is 5.17. The number of aromatic nitrogens is 1. The van der Waals surface area contributed by atoms with Crippen LogP contribution in [0.15, 0.2) is 22.7 Å². The molecule has 31 heavy (non-hydrogen) atoms. The van der Waals surface area contributed by atoms with E-state index in [-0.39, 0.29) is 18.4 Å². The van der Waals surface area contributed by atoms with E-state index in [4.69, 9.17) is 16.1 Å². The number of halogens is 1. The molecule has 170 valence electrons. The van der Waals surface area contributed by atoms with Crippen LogP contribution in [0.4, 0.5) is 0 Å². The minimum atomic E-state index is -0.568. The molecular weight excluding hydrogens is 414 g/mol. The number of nitrogens with one attached hydrogen (secondary N) is 1. The average Bonchev–Trinajstić information content (AvgIpc) is 3.16. The highest BCUT2D eigenvalue weighted by atomic mass is 35.5. The fourth-order valence-corrected chi connectivity index (χ4v) is 5.33. The van der Waals surface area contributed by atoms with Gasteiger partial charge in [0.15, 0.2) is 5.58 Å². The van der Waals surface area contributed by atoms with Gasteiger partial charge in [-0.05, 0) is 89.6 Å². The normalized spacial score (nSPS) is 24.4. The standard InChI is InChI=1S/C24H34ClN3O3/c1-16(29)14-23(30)26-20-5-2-17(3-6-20)8-11-28-12-9-18(10-13-28)24-21-7-4-19(25)15-22(21)31-27-24/h4,7,15-18,20,29H,2-3,5-6,8-14H2,1H3,(H,26,30)/t16-,17?,20?/m1/s1. The van der Waals surface area contributed by atoms with E-state index >= 15 is 0 Å². The van der Waals surface area contributed by atoms with Gasteiger partial charge in [0.1, 0.15) is 0 Å². The second-order valence-corrected chi connectivity index (χ2v) is 9.89. The molecule has 2 aliphatic rings. The van der Waals surface area contributed by atoms with Crippen molar-refractivity contribution in [3.05, 3.63) is 28.9 Å². The summed E-state index contributed by atoms with van der Waals surface area (Å²) in [4.78, 5) is 14.4. The number of carbonyl (C=O) groups is 1. The number of fused-ring (bicyclic) bond motifs is 1. The molecule has 0 radical (unpaired) electrons. The molecule has 1 aromatic heterocycles. The number of piperidine rings is 1. The highest BCUT2D eigenvalue weighted by Crippen LogP contribution is 2.34. The number of hydrogen-bond acceptors (Lipinski definition) is 5. The molecule has 1 aliphatic carbocycles. The summed E-state index contributed by atoms with van der Waals surface area (Å²) >= 11 is 6.06. The van der Waals surface area contributed by atoms with Gasteiger partial charge in [0, 0.05) is 28.4 Å². The van der Waals surface area contributed by atoms with E-state index in [0.717, 1.165) is 67.9 Å². The Morgan fingerprint density at radius 1 is 1.26 bits per heavy atom. The topological polar surface area (TPSA) is 78.6 Å². The maximum atomic E-state index is 11.8. The number of amides is 1. The van der Waals surface area contributed by atoms with Gasteiger partial charge in [0.2, 0.25) is 5.91 Å². The van der Waals surface area contributed by atoms with E-state index in [0.29, 0.717) is 10.9 Å². The highest BCUT2D eigenvalue weighted by molar-refractivity contribution is 6.31. The highest BCUT2D eigenvalue weighted by Gasteiger charge is 2.27. The first-order valence-corrected chi connectivity index (χ1v) is 12.1. The maximum Gasteiger partial charge on any atom is 0.222 e. The van der Waals surface area contributed by atoms with Gasteiger partial charge in [-0.3, -0.25) is 4.79 Å². The molecule has 0 unspecified atom stereocenters. The molecule has 7 heteroatoms. The van der Waals surface area contributed by atoms with Crippen LogP contribution >= 0.6 is 11.6 Å². The monoisotopic (exact) mass is 447 g/mol. The van der Waals surface area contributed by atoms with E-state index in [2.05, 4.69) is 15.4 Å². The summed E-state index contributed by atoms with van der Waals surface area (Å²) in [7, 11) is 0. The van der Waals surface area contributed by atoms with Crippen molar-refractivity contribution in [1.29, 1.82) is 0 Å². The van der Waals surface area contributed by atoms with Crippen LogP contribution in [0.2, 0.25) is 5.02 Å². The number of benzene rings is 1. The van der Waals surface area contributed by atoms with E-state index in [1.54, 1.807) is 6.92 Å². The Kier molecular flexibility index (Phi) is 7.51. The van der Waals surface area contributed by atoms with Crippen LogP contribution in [0.25, 0.3) is 11.0 Å². The molecule has 2 N–H and O–H groups in total. The second-order valence-electron chi connectivity index (χ2n) is 9.45. The van der Waals surface area contributed by atoms with Crippen LogP contribution in [-0.4, -0.2) is 52.9 Å². The van der Waals surface area contributed by atoms with Crippen molar-refractivity contribution >= 4 is 28.5 Å². The first-order valence-electron chi connectivity index (χ1n) is 11.7. The third kappa shape index (κ3) is 5.99. The van der Waals surface area contributed by atoms with Gasteiger partial charge in [-0.1, -0.05) is 16.8 Å². The van der Waals surface area contributed by atoms with Crippen LogP contribution in [-0.2, 0) is 4.79 Å². The summed E-state index contributed by atoms with van der Waals surface area (Å²) in [5.74, 6) is 1.19. The van der Waals surface area contributed by atoms with Crippen molar-refractivity contribution in [3.63, 3.8) is 0 Å². The van der Waals surface area contributed by atoms with Gasteiger partial charge in [0.05, 0.1) is 18.2 Å². The smallest absolute Gasteiger partial charge is 0.222 e. The Morgan fingerprint density at radius 3 is 2.71 bits per heavy atom. The molecule has 1 atom stereocenters. The quantitative estimate of drug-likeness (QED) is 0.653. The molecule has 0 spiro atoms. The fraction of sp³-hybridized carbons (Fsp3) is 0.667. The lowest BCUT2D eigenvalue weighted by molar-refractivity contribution is -0.123. The van der Waals surface area contributed by atoms with Crippen LogP contribution in [0.5, 0.6) is 0 Å². The molecule has 4 rings (SSSR count). The predicted molar refractivity (Wildman–Crippen MR) is 122 cm³/mol. The SMILES string of the molecule is C[C@@H](O)CC(=O)NC1CCC(CCN2CCC(c3noc4cc(Cl)ccc34)CC2)CC1. The molecule has 2 fully saturated rings. The first kappa shape index (κ1) is 22.6. The summed E-state index contributed by atoms with van der Waals surface area (Å²) in [5.41, 5.74) is 1.87. The number of rotatable bonds is 7. The minimum Gasteiger partial charge on any atom is -0.393 e. The zero-order valence-electron chi connectivity index (χ0n) is 18.4. The van der Waals surface area contributed by atoms with Crippen LogP contribution in [0.1, 0.15) is 69.9 Å². The van der Waals surface area contributed by atoms with E-state index < -0.39 is 6.10 Å². The van der Waals surface area contributed by atoms with Crippen molar-refractivity contribution in [2.45, 2.75) is 76.4 Å². The zero-order chi connectivity index (χ0) is 21.8. The van der Waals surface area contributed by atoms with E-state index in [1.807, 2.05) is 18.2 Å². The van der Waals surface area contributed by atoms with Crippen molar-refractivity contribution < 1.29 is 14.4 Å². The first-order chi connectivity index (χ1) is 15.0. The third-order valence-electron chi connectivity index (χ3n) is 6.98. The number of aliphatic hydroxyl groups is 1. The van der Waals surface area contributed by atoms with Crippen molar-refractivity contribution in [3.8, 4) is 0 Å². The summed E-state index contributed by atoms with van der Waals surface area (Å²) in [5, 5.41) is 18.5. The second kappa shape index (κ2) is 10.3. The van der Waals surface area contributed by atoms with Gasteiger partial charge in [0.25, 0.3) is 0 Å². The molecule has 1 saturated carbocycles. The summed E-state index contributed by atoms with van der Waals surface area (Å²) in [6.07, 6.45) is 7.59. The molecule has 1 amide bonds. The Hall–Kier alpha value is -1.63. The zero-order valence-corrected chi connectivity index (χ0v) is 19.1. The molecule has 1 saturated heterocycles. The third-order valence-corrected chi connectivity index (χ3v) is 7.22. The number of nitrogens with zero attached hydrogens (tertiary/aromatic N) is 2. The number of aliphatic hydroxyl groups excluding tert-OH is 1. The molecule has 1 aliphatic heterocycles. The van der Waals surface area contributed by atoms with Crippen molar-refractivity contribution in [1.82, 2.24) is 15.4 Å². The summed E-state index contributed by atoms with van der Waals surface area (Å²) in [6.45, 7) is 5.03. The molecule has 2 aromatic rings. The predicted octanol–water partition coefficient (Wildman–Crippen LogP) is 4.50. The lowest BCUT2D eigenvalue weighted by Gasteiger charge is -2.34.